The smallest absolute Gasteiger partial charge is 0.185 e. The zero-order valence-corrected chi connectivity index (χ0v) is 9.50. The van der Waals surface area contributed by atoms with Crippen LogP contribution in [-0.2, 0) is 4.79 Å². The molecule has 1 aliphatic rings. The van der Waals surface area contributed by atoms with Crippen molar-refractivity contribution >= 4 is 11.6 Å². The number of carbonyl (C=O) groups excluding carboxylic acids is 2. The molecule has 1 aromatic carbocycles. The van der Waals surface area contributed by atoms with Crippen molar-refractivity contribution in [3.63, 3.8) is 0 Å². The van der Waals surface area contributed by atoms with Gasteiger partial charge >= 0.3 is 0 Å². The van der Waals surface area contributed by atoms with Gasteiger partial charge in [0.15, 0.2) is 5.78 Å². The number of hydrogen-bond donors (Lipinski definition) is 0. The van der Waals surface area contributed by atoms with Gasteiger partial charge in [-0.1, -0.05) is 48.6 Å². The quantitative estimate of drug-likeness (QED) is 0.451. The monoisotopic (exact) mass is 226 g/mol. The summed E-state index contributed by atoms with van der Waals surface area (Å²) in [6, 6.07) is 9.06. The van der Waals surface area contributed by atoms with E-state index < -0.39 is 0 Å². The molecule has 0 N–H and O–H groups in total. The second-order valence-corrected chi connectivity index (χ2v) is 4.05. The molecule has 0 radical (unpaired) electrons. The molecule has 0 heterocycles. The molecule has 2 rings (SSSR count). The number of allylic oxidation sites excluding steroid dienone is 4. The topological polar surface area (TPSA) is 34.1 Å². The molecule has 0 saturated heterocycles. The van der Waals surface area contributed by atoms with Crippen LogP contribution in [-0.4, -0.2) is 11.6 Å². The molecular formula is C15H14O2. The highest BCUT2D eigenvalue weighted by Gasteiger charge is 2.15. The highest BCUT2D eigenvalue weighted by molar-refractivity contribution is 6.04. The predicted molar refractivity (Wildman–Crippen MR) is 66.8 cm³/mol. The molecule has 1 atom stereocenters. The Morgan fingerprint density at radius 1 is 1.24 bits per heavy atom. The van der Waals surface area contributed by atoms with E-state index in [2.05, 4.69) is 0 Å². The molecule has 1 unspecified atom stereocenters. The van der Waals surface area contributed by atoms with Crippen molar-refractivity contribution in [2.24, 2.45) is 5.92 Å². The molecule has 0 fully saturated rings. The number of hydrogen-bond acceptors (Lipinski definition) is 2. The minimum atomic E-state index is -0.226. The highest BCUT2D eigenvalue weighted by atomic mass is 16.1. The van der Waals surface area contributed by atoms with Crippen LogP contribution < -0.4 is 0 Å². The van der Waals surface area contributed by atoms with Gasteiger partial charge in [0.25, 0.3) is 0 Å². The van der Waals surface area contributed by atoms with Gasteiger partial charge < -0.3 is 0 Å². The van der Waals surface area contributed by atoms with Crippen LogP contribution in [0.2, 0.25) is 0 Å². The van der Waals surface area contributed by atoms with Gasteiger partial charge in [0.1, 0.15) is 5.78 Å². The van der Waals surface area contributed by atoms with Gasteiger partial charge in [0.05, 0.1) is 5.92 Å². The minimum Gasteiger partial charge on any atom is -0.299 e. The summed E-state index contributed by atoms with van der Waals surface area (Å²) in [4.78, 5) is 23.3. The molecule has 1 aliphatic carbocycles. The van der Waals surface area contributed by atoms with E-state index in [-0.39, 0.29) is 17.5 Å². The van der Waals surface area contributed by atoms with E-state index in [1.54, 1.807) is 18.2 Å². The maximum absolute atomic E-state index is 11.8. The fraction of sp³-hybridized carbons (Fsp3) is 0.200. The third-order valence-corrected chi connectivity index (χ3v) is 2.79. The molecule has 0 bridgehead atoms. The van der Waals surface area contributed by atoms with Gasteiger partial charge in [-0.2, -0.15) is 0 Å². The zero-order chi connectivity index (χ0) is 12.1. The molecule has 0 amide bonds. The van der Waals surface area contributed by atoms with Crippen LogP contribution in [0.15, 0.2) is 54.6 Å². The Kier molecular flexibility index (Phi) is 3.66. The van der Waals surface area contributed by atoms with Crippen LogP contribution in [0.1, 0.15) is 23.2 Å². The van der Waals surface area contributed by atoms with Crippen LogP contribution in [0.25, 0.3) is 0 Å². The van der Waals surface area contributed by atoms with E-state index in [1.807, 2.05) is 30.4 Å². The second kappa shape index (κ2) is 5.39. The van der Waals surface area contributed by atoms with Crippen LogP contribution in [0, 0.1) is 5.92 Å². The lowest BCUT2D eigenvalue weighted by Gasteiger charge is -2.10. The van der Waals surface area contributed by atoms with E-state index >= 15 is 0 Å². The van der Waals surface area contributed by atoms with Crippen molar-refractivity contribution in [2.75, 3.05) is 0 Å². The molecule has 86 valence electrons. The van der Waals surface area contributed by atoms with Crippen LogP contribution >= 0.6 is 0 Å². The first kappa shape index (κ1) is 11.5. The number of benzene rings is 1. The number of ketones is 2. The van der Waals surface area contributed by atoms with E-state index in [1.165, 1.54) is 6.08 Å². The zero-order valence-electron chi connectivity index (χ0n) is 9.50. The SMILES string of the molecule is O=C(C=CC1C=CCCC1=O)c1ccccc1. The Morgan fingerprint density at radius 3 is 2.71 bits per heavy atom. The summed E-state index contributed by atoms with van der Waals surface area (Å²) >= 11 is 0. The fourth-order valence-electron chi connectivity index (χ4n) is 1.80. The van der Waals surface area contributed by atoms with Crippen LogP contribution in [0.3, 0.4) is 0 Å². The van der Waals surface area contributed by atoms with Crippen molar-refractivity contribution < 1.29 is 9.59 Å². The third kappa shape index (κ3) is 3.00. The molecule has 2 nitrogen and oxygen atoms in total. The normalized spacial score (nSPS) is 19.8. The van der Waals surface area contributed by atoms with E-state index in [9.17, 15) is 9.59 Å². The summed E-state index contributed by atoms with van der Waals surface area (Å²) < 4.78 is 0. The molecule has 1 aromatic rings. The van der Waals surface area contributed by atoms with Gasteiger partial charge in [-0.15, -0.1) is 0 Å². The fourth-order valence-corrected chi connectivity index (χ4v) is 1.80. The Labute approximate surface area is 101 Å². The largest absolute Gasteiger partial charge is 0.299 e. The molecule has 0 saturated carbocycles. The van der Waals surface area contributed by atoms with Gasteiger partial charge in [-0.25, -0.2) is 0 Å². The summed E-state index contributed by atoms with van der Waals surface area (Å²) in [5.74, 6) is -0.0987. The van der Waals surface area contributed by atoms with Gasteiger partial charge in [-0.3, -0.25) is 9.59 Å². The Bertz CT molecular complexity index is 469. The van der Waals surface area contributed by atoms with Crippen molar-refractivity contribution in [1.82, 2.24) is 0 Å². The average Bonchev–Trinajstić information content (AvgIpc) is 2.38. The second-order valence-electron chi connectivity index (χ2n) is 4.05. The van der Waals surface area contributed by atoms with Crippen LogP contribution in [0.4, 0.5) is 0 Å². The lowest BCUT2D eigenvalue weighted by Crippen LogP contribution is -2.12. The molecular weight excluding hydrogens is 212 g/mol. The Balaban J connectivity index is 2.06. The summed E-state index contributed by atoms with van der Waals surface area (Å²) in [6.45, 7) is 0. The Morgan fingerprint density at radius 2 is 2.00 bits per heavy atom. The maximum atomic E-state index is 11.8. The lowest BCUT2D eigenvalue weighted by molar-refractivity contribution is -0.120. The van der Waals surface area contributed by atoms with Crippen molar-refractivity contribution in [1.29, 1.82) is 0 Å². The van der Waals surface area contributed by atoms with Crippen molar-refractivity contribution in [3.05, 3.63) is 60.2 Å². The average molecular weight is 226 g/mol. The number of rotatable bonds is 3. The first-order valence-corrected chi connectivity index (χ1v) is 5.74. The van der Waals surface area contributed by atoms with Gasteiger partial charge in [0, 0.05) is 12.0 Å². The summed E-state index contributed by atoms with van der Waals surface area (Å²) in [5.41, 5.74) is 0.649. The van der Waals surface area contributed by atoms with E-state index in [4.69, 9.17) is 0 Å². The Hall–Kier alpha value is -1.96. The molecule has 17 heavy (non-hydrogen) atoms. The molecule has 0 spiro atoms. The molecule has 0 aliphatic heterocycles. The number of Topliss-reactive ketones (excluding diaryl/α,β-unsaturated/α-hetero) is 1. The first-order chi connectivity index (χ1) is 8.27. The van der Waals surface area contributed by atoms with Crippen LogP contribution in [0.5, 0.6) is 0 Å². The summed E-state index contributed by atoms with van der Waals surface area (Å²) in [7, 11) is 0. The van der Waals surface area contributed by atoms with Crippen molar-refractivity contribution in [2.45, 2.75) is 12.8 Å². The maximum Gasteiger partial charge on any atom is 0.185 e. The van der Waals surface area contributed by atoms with E-state index in [0.717, 1.165) is 6.42 Å². The van der Waals surface area contributed by atoms with E-state index in [0.29, 0.717) is 12.0 Å². The number of carbonyl (C=O) groups is 2. The predicted octanol–water partition coefficient (Wildman–Crippen LogP) is 2.96. The highest BCUT2D eigenvalue weighted by Crippen LogP contribution is 2.15. The standard InChI is InChI=1S/C15H14O2/c16-14-9-5-4-8-13(14)10-11-15(17)12-6-2-1-3-7-12/h1-4,6-8,10-11,13H,5,9H2. The third-order valence-electron chi connectivity index (χ3n) is 2.79. The minimum absolute atomic E-state index is 0.0580. The first-order valence-electron chi connectivity index (χ1n) is 5.74. The van der Waals surface area contributed by atoms with Crippen molar-refractivity contribution in [3.8, 4) is 0 Å². The molecule has 0 aromatic heterocycles. The molecule has 2 heteroatoms. The van der Waals surface area contributed by atoms with Gasteiger partial charge in [0.2, 0.25) is 0 Å². The van der Waals surface area contributed by atoms with Gasteiger partial charge in [-0.05, 0) is 12.5 Å². The summed E-state index contributed by atoms with van der Waals surface area (Å²) in [6.07, 6.45) is 8.42. The lowest BCUT2D eigenvalue weighted by atomic mass is 9.93. The summed E-state index contributed by atoms with van der Waals surface area (Å²) in [5, 5.41) is 0.